The summed E-state index contributed by atoms with van der Waals surface area (Å²) in [4.78, 5) is 2.52. The van der Waals surface area contributed by atoms with Crippen LogP contribution in [0.15, 0.2) is 0 Å². The van der Waals surface area contributed by atoms with Crippen LogP contribution in [0.2, 0.25) is 0 Å². The zero-order valence-electron chi connectivity index (χ0n) is 9.87. The Morgan fingerprint density at radius 2 is 2.07 bits per heavy atom. The molecular formula is C12H24N2O. The van der Waals surface area contributed by atoms with Crippen molar-refractivity contribution >= 4 is 0 Å². The highest BCUT2D eigenvalue weighted by molar-refractivity contribution is 4.77. The molecule has 1 saturated heterocycles. The molecule has 2 aliphatic rings. The van der Waals surface area contributed by atoms with Crippen molar-refractivity contribution in [1.29, 1.82) is 0 Å². The topological polar surface area (TPSA) is 24.5 Å². The molecule has 3 nitrogen and oxygen atoms in total. The molecule has 15 heavy (non-hydrogen) atoms. The van der Waals surface area contributed by atoms with E-state index in [0.717, 1.165) is 38.3 Å². The zero-order valence-corrected chi connectivity index (χ0v) is 9.87. The van der Waals surface area contributed by atoms with Crippen LogP contribution >= 0.6 is 0 Å². The van der Waals surface area contributed by atoms with Crippen LogP contribution in [0, 0.1) is 5.92 Å². The van der Waals surface area contributed by atoms with E-state index in [1.807, 2.05) is 0 Å². The average molecular weight is 212 g/mol. The van der Waals surface area contributed by atoms with Crippen LogP contribution in [0.5, 0.6) is 0 Å². The predicted molar refractivity (Wildman–Crippen MR) is 62.1 cm³/mol. The van der Waals surface area contributed by atoms with Gasteiger partial charge >= 0.3 is 0 Å². The molecule has 1 atom stereocenters. The highest BCUT2D eigenvalue weighted by atomic mass is 16.5. The number of rotatable bonds is 5. The molecule has 88 valence electrons. The molecule has 1 saturated carbocycles. The summed E-state index contributed by atoms with van der Waals surface area (Å²) >= 11 is 0. The van der Waals surface area contributed by atoms with E-state index in [4.69, 9.17) is 4.74 Å². The van der Waals surface area contributed by atoms with Crippen molar-refractivity contribution in [2.24, 2.45) is 5.92 Å². The van der Waals surface area contributed by atoms with Gasteiger partial charge in [0.25, 0.3) is 0 Å². The second kappa shape index (κ2) is 5.83. The van der Waals surface area contributed by atoms with Crippen molar-refractivity contribution in [2.45, 2.75) is 32.2 Å². The fraction of sp³-hybridized carbons (Fsp3) is 1.00. The summed E-state index contributed by atoms with van der Waals surface area (Å²) in [6.07, 6.45) is 4.21. The largest absolute Gasteiger partial charge is 0.379 e. The molecule has 0 radical (unpaired) electrons. The molecule has 1 aliphatic heterocycles. The summed E-state index contributed by atoms with van der Waals surface area (Å²) in [7, 11) is 0. The van der Waals surface area contributed by atoms with Gasteiger partial charge in [0.05, 0.1) is 13.2 Å². The molecule has 0 spiro atoms. The Morgan fingerprint density at radius 3 is 2.67 bits per heavy atom. The Kier molecular flexibility index (Phi) is 4.42. The van der Waals surface area contributed by atoms with Gasteiger partial charge in [-0.05, 0) is 25.3 Å². The second-order valence-electron chi connectivity index (χ2n) is 5.05. The number of hydrogen-bond acceptors (Lipinski definition) is 3. The van der Waals surface area contributed by atoms with E-state index < -0.39 is 0 Å². The number of morpholine rings is 1. The van der Waals surface area contributed by atoms with Gasteiger partial charge in [0, 0.05) is 25.7 Å². The van der Waals surface area contributed by atoms with Crippen LogP contribution in [-0.2, 0) is 4.74 Å². The molecular weight excluding hydrogens is 188 g/mol. The molecule has 1 heterocycles. The number of ether oxygens (including phenoxy) is 1. The Labute approximate surface area is 93.2 Å². The van der Waals surface area contributed by atoms with Crippen LogP contribution in [0.25, 0.3) is 0 Å². The lowest BCUT2D eigenvalue weighted by Crippen LogP contribution is -2.43. The lowest BCUT2D eigenvalue weighted by molar-refractivity contribution is 0.0315. The average Bonchev–Trinajstić information content (AvgIpc) is 2.17. The summed E-state index contributed by atoms with van der Waals surface area (Å²) < 4.78 is 5.35. The van der Waals surface area contributed by atoms with Crippen molar-refractivity contribution in [2.75, 3.05) is 39.4 Å². The fourth-order valence-corrected chi connectivity index (χ4v) is 2.27. The maximum Gasteiger partial charge on any atom is 0.0594 e. The van der Waals surface area contributed by atoms with E-state index in [1.54, 1.807) is 0 Å². The summed E-state index contributed by atoms with van der Waals surface area (Å²) in [5, 5.41) is 3.65. The van der Waals surface area contributed by atoms with Crippen LogP contribution in [0.4, 0.5) is 0 Å². The van der Waals surface area contributed by atoms with E-state index in [9.17, 15) is 0 Å². The van der Waals surface area contributed by atoms with E-state index in [0.29, 0.717) is 0 Å². The van der Waals surface area contributed by atoms with E-state index in [1.165, 1.54) is 32.4 Å². The van der Waals surface area contributed by atoms with Gasteiger partial charge in [0.1, 0.15) is 0 Å². The molecule has 1 N–H and O–H groups in total. The van der Waals surface area contributed by atoms with Crippen molar-refractivity contribution in [1.82, 2.24) is 10.2 Å². The molecule has 0 aromatic carbocycles. The zero-order chi connectivity index (χ0) is 10.5. The fourth-order valence-electron chi connectivity index (χ4n) is 2.27. The Bertz CT molecular complexity index is 176. The van der Waals surface area contributed by atoms with Gasteiger partial charge in [-0.2, -0.15) is 0 Å². The van der Waals surface area contributed by atoms with Gasteiger partial charge in [0.2, 0.25) is 0 Å². The SMILES string of the molecule is CC(CNC1CCC1)CN1CCOCC1. The van der Waals surface area contributed by atoms with Crippen LogP contribution in [-0.4, -0.2) is 50.3 Å². The Morgan fingerprint density at radius 1 is 1.33 bits per heavy atom. The third-order valence-electron chi connectivity index (χ3n) is 3.53. The molecule has 0 bridgehead atoms. The molecule has 1 aliphatic carbocycles. The highest BCUT2D eigenvalue weighted by Gasteiger charge is 2.18. The van der Waals surface area contributed by atoms with Gasteiger partial charge in [-0.1, -0.05) is 13.3 Å². The number of nitrogens with zero attached hydrogens (tertiary/aromatic N) is 1. The maximum absolute atomic E-state index is 5.35. The monoisotopic (exact) mass is 212 g/mol. The summed E-state index contributed by atoms with van der Waals surface area (Å²) in [5.74, 6) is 0.767. The minimum Gasteiger partial charge on any atom is -0.379 e. The standard InChI is InChI=1S/C12H24N2O/c1-11(9-13-12-3-2-4-12)10-14-5-7-15-8-6-14/h11-13H,2-10H2,1H3. The van der Waals surface area contributed by atoms with Gasteiger partial charge in [-0.25, -0.2) is 0 Å². The number of hydrogen-bond donors (Lipinski definition) is 1. The van der Waals surface area contributed by atoms with Crippen molar-refractivity contribution in [3.8, 4) is 0 Å². The number of nitrogens with one attached hydrogen (secondary N) is 1. The minimum absolute atomic E-state index is 0.767. The smallest absolute Gasteiger partial charge is 0.0594 e. The maximum atomic E-state index is 5.35. The van der Waals surface area contributed by atoms with Crippen molar-refractivity contribution in [3.63, 3.8) is 0 Å². The quantitative estimate of drug-likeness (QED) is 0.738. The first-order valence-electron chi connectivity index (χ1n) is 6.38. The van der Waals surface area contributed by atoms with Crippen LogP contribution in [0.1, 0.15) is 26.2 Å². The summed E-state index contributed by atoms with van der Waals surface area (Å²) in [5.41, 5.74) is 0. The molecule has 3 heteroatoms. The first-order chi connectivity index (χ1) is 7.34. The molecule has 0 aromatic rings. The highest BCUT2D eigenvalue weighted by Crippen LogP contribution is 2.18. The minimum atomic E-state index is 0.767. The normalized spacial score (nSPS) is 26.2. The van der Waals surface area contributed by atoms with Gasteiger partial charge in [0.15, 0.2) is 0 Å². The third kappa shape index (κ3) is 3.74. The summed E-state index contributed by atoms with van der Waals surface area (Å²) in [6, 6.07) is 0.831. The predicted octanol–water partition coefficient (Wildman–Crippen LogP) is 1.10. The molecule has 0 aromatic heterocycles. The van der Waals surface area contributed by atoms with Gasteiger partial charge < -0.3 is 10.1 Å². The first kappa shape index (κ1) is 11.4. The third-order valence-corrected chi connectivity index (χ3v) is 3.53. The van der Waals surface area contributed by atoms with Crippen LogP contribution in [0.3, 0.4) is 0 Å². The lowest BCUT2D eigenvalue weighted by Gasteiger charge is -2.31. The van der Waals surface area contributed by atoms with Crippen molar-refractivity contribution in [3.05, 3.63) is 0 Å². The van der Waals surface area contributed by atoms with E-state index in [-0.39, 0.29) is 0 Å². The Hall–Kier alpha value is -0.120. The van der Waals surface area contributed by atoms with Crippen LogP contribution < -0.4 is 5.32 Å². The molecule has 2 rings (SSSR count). The van der Waals surface area contributed by atoms with E-state index in [2.05, 4.69) is 17.1 Å². The first-order valence-corrected chi connectivity index (χ1v) is 6.38. The van der Waals surface area contributed by atoms with Gasteiger partial charge in [-0.15, -0.1) is 0 Å². The lowest BCUT2D eigenvalue weighted by atomic mass is 9.93. The van der Waals surface area contributed by atoms with Gasteiger partial charge in [-0.3, -0.25) is 4.90 Å². The second-order valence-corrected chi connectivity index (χ2v) is 5.05. The Balaban J connectivity index is 1.56. The van der Waals surface area contributed by atoms with Crippen molar-refractivity contribution < 1.29 is 4.74 Å². The molecule has 2 fully saturated rings. The summed E-state index contributed by atoms with van der Waals surface area (Å²) in [6.45, 7) is 8.83. The molecule has 0 amide bonds. The van der Waals surface area contributed by atoms with E-state index >= 15 is 0 Å². The molecule has 1 unspecified atom stereocenters.